The molecule has 1 aromatic rings. The summed E-state index contributed by atoms with van der Waals surface area (Å²) in [5.41, 5.74) is 0. The van der Waals surface area contributed by atoms with Crippen LogP contribution in [-0.4, -0.2) is 35.5 Å². The molecule has 2 saturated heterocycles. The minimum atomic E-state index is 0.444. The minimum absolute atomic E-state index is 0.444. The molecule has 80 valence electrons. The highest BCUT2D eigenvalue weighted by Gasteiger charge is 2.38. The van der Waals surface area contributed by atoms with Crippen LogP contribution in [0.25, 0.3) is 0 Å². The fourth-order valence-corrected chi connectivity index (χ4v) is 2.55. The highest BCUT2D eigenvalue weighted by Crippen LogP contribution is 2.32. The third-order valence-corrected chi connectivity index (χ3v) is 3.32. The number of anilines is 1. The normalized spacial score (nSPS) is 29.5. The molecule has 4 nitrogen and oxygen atoms in total. The Balaban J connectivity index is 1.90. The standard InChI is InChI=1S/C10H12ClN3O/c11-9-3-4-10(13-12-9)14-7-1-2-8(14)6-15-5-7/h3-4,7-8H,1-2,5-6H2. The number of morpholine rings is 1. The first-order valence-corrected chi connectivity index (χ1v) is 5.58. The van der Waals surface area contributed by atoms with E-state index in [1.807, 2.05) is 6.07 Å². The van der Waals surface area contributed by atoms with E-state index >= 15 is 0 Å². The van der Waals surface area contributed by atoms with Crippen molar-refractivity contribution in [1.29, 1.82) is 0 Å². The minimum Gasteiger partial charge on any atom is -0.377 e. The maximum Gasteiger partial charge on any atom is 0.151 e. The number of rotatable bonds is 1. The molecule has 0 aliphatic carbocycles. The number of hydrogen-bond acceptors (Lipinski definition) is 4. The molecule has 0 aromatic carbocycles. The van der Waals surface area contributed by atoms with Gasteiger partial charge in [0, 0.05) is 0 Å². The molecule has 15 heavy (non-hydrogen) atoms. The van der Waals surface area contributed by atoms with Gasteiger partial charge in [-0.25, -0.2) is 0 Å². The van der Waals surface area contributed by atoms with Crippen molar-refractivity contribution in [1.82, 2.24) is 10.2 Å². The summed E-state index contributed by atoms with van der Waals surface area (Å²) >= 11 is 5.72. The van der Waals surface area contributed by atoms with Gasteiger partial charge in [-0.1, -0.05) is 11.6 Å². The molecule has 2 aliphatic heterocycles. The summed E-state index contributed by atoms with van der Waals surface area (Å²) in [6.07, 6.45) is 2.38. The Morgan fingerprint density at radius 3 is 2.53 bits per heavy atom. The van der Waals surface area contributed by atoms with Crippen LogP contribution < -0.4 is 4.90 Å². The first-order chi connectivity index (χ1) is 7.34. The highest BCUT2D eigenvalue weighted by atomic mass is 35.5. The molecule has 0 radical (unpaired) electrons. The molecular formula is C10H12ClN3O. The quantitative estimate of drug-likeness (QED) is 0.726. The van der Waals surface area contributed by atoms with Crippen LogP contribution in [0, 0.1) is 0 Å². The van der Waals surface area contributed by atoms with Gasteiger partial charge in [-0.2, -0.15) is 0 Å². The number of ether oxygens (including phenoxy) is 1. The summed E-state index contributed by atoms with van der Waals surface area (Å²) < 4.78 is 5.52. The Bertz CT molecular complexity index is 340. The number of halogens is 1. The average molecular weight is 226 g/mol. The zero-order valence-corrected chi connectivity index (χ0v) is 9.02. The summed E-state index contributed by atoms with van der Waals surface area (Å²) in [6, 6.07) is 4.67. The van der Waals surface area contributed by atoms with Gasteiger partial charge in [-0.05, 0) is 25.0 Å². The van der Waals surface area contributed by atoms with E-state index in [-0.39, 0.29) is 0 Å². The first kappa shape index (κ1) is 9.36. The van der Waals surface area contributed by atoms with Gasteiger partial charge in [0.25, 0.3) is 0 Å². The van der Waals surface area contributed by atoms with Gasteiger partial charge >= 0.3 is 0 Å². The van der Waals surface area contributed by atoms with Crippen LogP contribution in [0.15, 0.2) is 12.1 Å². The van der Waals surface area contributed by atoms with Gasteiger partial charge in [0.05, 0.1) is 25.3 Å². The third kappa shape index (κ3) is 1.58. The lowest BCUT2D eigenvalue weighted by atomic mass is 10.2. The first-order valence-electron chi connectivity index (χ1n) is 5.20. The maximum absolute atomic E-state index is 5.72. The van der Waals surface area contributed by atoms with Crippen LogP contribution in [0.2, 0.25) is 5.15 Å². The molecule has 0 amide bonds. The van der Waals surface area contributed by atoms with Crippen molar-refractivity contribution in [2.24, 2.45) is 0 Å². The Morgan fingerprint density at radius 1 is 1.20 bits per heavy atom. The Morgan fingerprint density at radius 2 is 1.93 bits per heavy atom. The number of hydrogen-bond donors (Lipinski definition) is 0. The lowest BCUT2D eigenvalue weighted by Gasteiger charge is -2.35. The molecule has 0 N–H and O–H groups in total. The largest absolute Gasteiger partial charge is 0.377 e. The summed E-state index contributed by atoms with van der Waals surface area (Å²) in [5, 5.41) is 8.46. The smallest absolute Gasteiger partial charge is 0.151 e. The van der Waals surface area contributed by atoms with E-state index in [9.17, 15) is 0 Å². The van der Waals surface area contributed by atoms with Crippen LogP contribution in [0.1, 0.15) is 12.8 Å². The van der Waals surface area contributed by atoms with Crippen molar-refractivity contribution >= 4 is 17.4 Å². The van der Waals surface area contributed by atoms with Crippen molar-refractivity contribution in [2.45, 2.75) is 24.9 Å². The van der Waals surface area contributed by atoms with Crippen molar-refractivity contribution < 1.29 is 4.74 Å². The third-order valence-electron chi connectivity index (χ3n) is 3.12. The fourth-order valence-electron chi connectivity index (χ4n) is 2.45. The van der Waals surface area contributed by atoms with E-state index in [0.29, 0.717) is 17.2 Å². The van der Waals surface area contributed by atoms with E-state index in [2.05, 4.69) is 15.1 Å². The Labute approximate surface area is 93.2 Å². The van der Waals surface area contributed by atoms with E-state index in [0.717, 1.165) is 19.0 Å². The van der Waals surface area contributed by atoms with Gasteiger partial charge in [0.1, 0.15) is 0 Å². The van der Waals surface area contributed by atoms with Crippen molar-refractivity contribution in [3.63, 3.8) is 0 Å². The summed E-state index contributed by atoms with van der Waals surface area (Å²) in [6.45, 7) is 1.61. The monoisotopic (exact) mass is 225 g/mol. The van der Waals surface area contributed by atoms with Crippen molar-refractivity contribution in [3.05, 3.63) is 17.3 Å². The van der Waals surface area contributed by atoms with E-state index in [4.69, 9.17) is 16.3 Å². The molecule has 0 spiro atoms. The second kappa shape index (κ2) is 3.61. The highest BCUT2D eigenvalue weighted by molar-refractivity contribution is 6.29. The van der Waals surface area contributed by atoms with Crippen LogP contribution in [0.5, 0.6) is 0 Å². The lowest BCUT2D eigenvalue weighted by molar-refractivity contribution is 0.0901. The fraction of sp³-hybridized carbons (Fsp3) is 0.600. The Hall–Kier alpha value is -0.870. The second-order valence-corrected chi connectivity index (χ2v) is 4.43. The maximum atomic E-state index is 5.72. The zero-order chi connectivity index (χ0) is 10.3. The van der Waals surface area contributed by atoms with E-state index in [1.54, 1.807) is 6.07 Å². The molecule has 2 unspecified atom stereocenters. The molecule has 3 rings (SSSR count). The molecule has 2 fully saturated rings. The summed E-state index contributed by atoms with van der Waals surface area (Å²) in [7, 11) is 0. The molecule has 2 aliphatic rings. The van der Waals surface area contributed by atoms with Gasteiger partial charge < -0.3 is 9.64 Å². The topological polar surface area (TPSA) is 38.2 Å². The number of nitrogens with zero attached hydrogens (tertiary/aromatic N) is 3. The van der Waals surface area contributed by atoms with Crippen LogP contribution >= 0.6 is 11.6 Å². The molecular weight excluding hydrogens is 214 g/mol. The van der Waals surface area contributed by atoms with Gasteiger partial charge in [0.15, 0.2) is 11.0 Å². The SMILES string of the molecule is Clc1ccc(N2C3CCC2COC3)nn1. The predicted octanol–water partition coefficient (Wildman–Crippen LogP) is 1.50. The average Bonchev–Trinajstić information content (AvgIpc) is 2.51. The van der Waals surface area contributed by atoms with E-state index in [1.165, 1.54) is 12.8 Å². The lowest BCUT2D eigenvalue weighted by Crippen LogP contribution is -2.46. The molecule has 3 heterocycles. The molecule has 5 heteroatoms. The van der Waals surface area contributed by atoms with Crippen molar-refractivity contribution in [3.8, 4) is 0 Å². The van der Waals surface area contributed by atoms with Crippen molar-refractivity contribution in [2.75, 3.05) is 18.1 Å². The number of fused-ring (bicyclic) bond motifs is 2. The van der Waals surface area contributed by atoms with Crippen LogP contribution in [-0.2, 0) is 4.74 Å². The summed E-state index contributed by atoms with van der Waals surface area (Å²) in [4.78, 5) is 2.33. The van der Waals surface area contributed by atoms with Gasteiger partial charge in [0.2, 0.25) is 0 Å². The van der Waals surface area contributed by atoms with Crippen LogP contribution in [0.4, 0.5) is 5.82 Å². The van der Waals surface area contributed by atoms with Gasteiger partial charge in [-0.15, -0.1) is 10.2 Å². The molecule has 2 atom stereocenters. The summed E-state index contributed by atoms with van der Waals surface area (Å²) in [5.74, 6) is 0.926. The molecule has 2 bridgehead atoms. The second-order valence-electron chi connectivity index (χ2n) is 4.04. The Kier molecular flexibility index (Phi) is 2.25. The van der Waals surface area contributed by atoms with Crippen LogP contribution in [0.3, 0.4) is 0 Å². The predicted molar refractivity (Wildman–Crippen MR) is 57.2 cm³/mol. The number of aromatic nitrogens is 2. The zero-order valence-electron chi connectivity index (χ0n) is 8.27. The van der Waals surface area contributed by atoms with Gasteiger partial charge in [-0.3, -0.25) is 0 Å². The molecule has 0 saturated carbocycles. The van der Waals surface area contributed by atoms with E-state index < -0.39 is 0 Å². The molecule has 1 aromatic heterocycles.